The smallest absolute Gasteiger partial charge is 0.327 e. The molecule has 3 aromatic carbocycles. The van der Waals surface area contributed by atoms with Gasteiger partial charge >= 0.3 is 12.1 Å². The molecule has 0 bridgehead atoms. The molecular weight excluding hydrogens is 464 g/mol. The summed E-state index contributed by atoms with van der Waals surface area (Å²) in [5.41, 5.74) is 2.30. The maximum absolute atomic E-state index is 12.2. The molecule has 0 radical (unpaired) electrons. The van der Waals surface area contributed by atoms with Crippen molar-refractivity contribution in [3.05, 3.63) is 72.4 Å². The number of carbonyl (C=O) groups is 2. The maximum atomic E-state index is 12.2. The van der Waals surface area contributed by atoms with E-state index in [1.807, 2.05) is 19.1 Å². The molecule has 0 aliphatic carbocycles. The highest BCUT2D eigenvalue weighted by Crippen LogP contribution is 2.38. The first kappa shape index (κ1) is 24.1. The van der Waals surface area contributed by atoms with Crippen LogP contribution in [0.5, 0.6) is 28.7 Å². The monoisotopic (exact) mass is 488 g/mol. The van der Waals surface area contributed by atoms with Gasteiger partial charge in [0.2, 0.25) is 0 Å². The molecule has 0 aliphatic rings. The highest BCUT2D eigenvalue weighted by molar-refractivity contribution is 6.05. The number of aromatic hydroxyl groups is 1. The largest absolute Gasteiger partial charge is 0.506 e. The van der Waals surface area contributed by atoms with Gasteiger partial charge in [-0.05, 0) is 43.3 Å². The normalized spacial score (nSPS) is 10.4. The molecule has 0 atom stereocenters. The summed E-state index contributed by atoms with van der Waals surface area (Å²) in [6.45, 7) is 1.92. The fourth-order valence-electron chi connectivity index (χ4n) is 3.40. The summed E-state index contributed by atoms with van der Waals surface area (Å²) < 4.78 is 16.6. The summed E-state index contributed by atoms with van der Waals surface area (Å²) in [6, 6.07) is 15.1. The summed E-state index contributed by atoms with van der Waals surface area (Å²) in [4.78, 5) is 28.6. The lowest BCUT2D eigenvalue weighted by Gasteiger charge is -2.13. The first-order valence-electron chi connectivity index (χ1n) is 10.8. The molecule has 4 amide bonds. The van der Waals surface area contributed by atoms with Gasteiger partial charge in [-0.2, -0.15) is 0 Å². The highest BCUT2D eigenvalue weighted by Gasteiger charge is 2.14. The molecule has 1 heterocycles. The van der Waals surface area contributed by atoms with Gasteiger partial charge in [0.1, 0.15) is 17.2 Å². The van der Waals surface area contributed by atoms with Gasteiger partial charge in [-0.1, -0.05) is 17.7 Å². The van der Waals surface area contributed by atoms with Crippen LogP contribution in [0.4, 0.5) is 21.0 Å². The zero-order valence-corrected chi connectivity index (χ0v) is 19.8. The Morgan fingerprint density at radius 1 is 0.833 bits per heavy atom. The van der Waals surface area contributed by atoms with Crippen LogP contribution < -0.4 is 30.2 Å². The SMILES string of the molecule is COc1cc2nccc(Oc3ccc(NC(=O)NC(=O)Nc4ccc(C)cc4)c(O)c3)c2cc1OC. The van der Waals surface area contributed by atoms with Crippen molar-refractivity contribution in [2.75, 3.05) is 24.9 Å². The summed E-state index contributed by atoms with van der Waals surface area (Å²) in [7, 11) is 3.08. The Morgan fingerprint density at radius 3 is 2.22 bits per heavy atom. The molecular formula is C26H24N4O6. The van der Waals surface area contributed by atoms with Crippen LogP contribution in [0, 0.1) is 6.92 Å². The average Bonchev–Trinajstić information content (AvgIpc) is 2.86. The predicted molar refractivity (Wildman–Crippen MR) is 135 cm³/mol. The van der Waals surface area contributed by atoms with Crippen LogP contribution in [0.3, 0.4) is 0 Å². The number of pyridine rings is 1. The molecule has 0 aliphatic heterocycles. The van der Waals surface area contributed by atoms with Crippen molar-refractivity contribution in [1.29, 1.82) is 0 Å². The number of aromatic nitrogens is 1. The number of nitrogens with one attached hydrogen (secondary N) is 3. The molecule has 0 saturated carbocycles. The van der Waals surface area contributed by atoms with E-state index in [1.54, 1.807) is 49.7 Å². The minimum atomic E-state index is -0.815. The number of benzene rings is 3. The Labute approximate surface area is 206 Å². The summed E-state index contributed by atoms with van der Waals surface area (Å²) >= 11 is 0. The quantitative estimate of drug-likeness (QED) is 0.267. The number of urea groups is 2. The third-order valence-electron chi connectivity index (χ3n) is 5.19. The van der Waals surface area contributed by atoms with Gasteiger partial charge in [-0.15, -0.1) is 0 Å². The van der Waals surface area contributed by atoms with E-state index in [4.69, 9.17) is 14.2 Å². The second-order valence-corrected chi connectivity index (χ2v) is 7.71. The van der Waals surface area contributed by atoms with Crippen LogP contribution >= 0.6 is 0 Å². The Bertz CT molecular complexity index is 1420. The number of methoxy groups -OCH3 is 2. The van der Waals surface area contributed by atoms with E-state index in [9.17, 15) is 14.7 Å². The number of ether oxygens (including phenoxy) is 3. The van der Waals surface area contributed by atoms with Crippen molar-refractivity contribution >= 4 is 34.3 Å². The lowest BCUT2D eigenvalue weighted by molar-refractivity contribution is 0.240. The lowest BCUT2D eigenvalue weighted by Crippen LogP contribution is -2.37. The molecule has 1 aromatic heterocycles. The van der Waals surface area contributed by atoms with Crippen molar-refractivity contribution in [2.45, 2.75) is 6.92 Å². The third kappa shape index (κ3) is 5.55. The van der Waals surface area contributed by atoms with E-state index in [0.29, 0.717) is 39.6 Å². The number of hydrogen-bond donors (Lipinski definition) is 4. The van der Waals surface area contributed by atoms with Crippen molar-refractivity contribution in [3.8, 4) is 28.7 Å². The van der Waals surface area contributed by atoms with Crippen molar-refractivity contribution in [1.82, 2.24) is 10.3 Å². The minimum absolute atomic E-state index is 0.0916. The van der Waals surface area contributed by atoms with Gasteiger partial charge in [0.25, 0.3) is 0 Å². The number of phenolic OH excluding ortho intramolecular Hbond substituents is 1. The van der Waals surface area contributed by atoms with Gasteiger partial charge < -0.3 is 30.0 Å². The maximum Gasteiger partial charge on any atom is 0.327 e. The third-order valence-corrected chi connectivity index (χ3v) is 5.19. The fourth-order valence-corrected chi connectivity index (χ4v) is 3.40. The molecule has 10 nitrogen and oxygen atoms in total. The average molecular weight is 489 g/mol. The molecule has 4 N–H and O–H groups in total. The Kier molecular flexibility index (Phi) is 7.05. The molecule has 4 aromatic rings. The Balaban J connectivity index is 1.44. The molecule has 4 rings (SSSR count). The number of carbonyl (C=O) groups excluding carboxylic acids is 2. The van der Waals surface area contributed by atoms with Gasteiger partial charge in [0.15, 0.2) is 11.5 Å². The molecule has 0 saturated heterocycles. The number of aryl methyl sites for hydroxylation is 1. The van der Waals surface area contributed by atoms with Gasteiger partial charge in [-0.25, -0.2) is 9.59 Å². The van der Waals surface area contributed by atoms with Crippen LogP contribution in [0.15, 0.2) is 66.9 Å². The molecule has 36 heavy (non-hydrogen) atoms. The molecule has 0 fully saturated rings. The molecule has 184 valence electrons. The van der Waals surface area contributed by atoms with E-state index >= 15 is 0 Å². The number of amides is 4. The van der Waals surface area contributed by atoms with Crippen LogP contribution in [0.2, 0.25) is 0 Å². The summed E-state index contributed by atoms with van der Waals surface area (Å²) in [5.74, 6) is 1.60. The number of imide groups is 1. The summed E-state index contributed by atoms with van der Waals surface area (Å²) in [6.07, 6.45) is 1.59. The Hall–Kier alpha value is -4.99. The van der Waals surface area contributed by atoms with Gasteiger partial charge in [0, 0.05) is 29.4 Å². The lowest BCUT2D eigenvalue weighted by atomic mass is 10.2. The number of rotatable bonds is 6. The zero-order chi connectivity index (χ0) is 25.7. The number of nitrogens with zero attached hydrogens (tertiary/aromatic N) is 1. The van der Waals surface area contributed by atoms with Crippen LogP contribution in [-0.2, 0) is 0 Å². The van der Waals surface area contributed by atoms with Crippen molar-refractivity contribution in [3.63, 3.8) is 0 Å². The molecule has 10 heteroatoms. The van der Waals surface area contributed by atoms with Crippen molar-refractivity contribution in [2.24, 2.45) is 0 Å². The Morgan fingerprint density at radius 2 is 1.53 bits per heavy atom. The van der Waals surface area contributed by atoms with Crippen LogP contribution in [0.1, 0.15) is 5.56 Å². The van der Waals surface area contributed by atoms with Crippen molar-refractivity contribution < 1.29 is 28.9 Å². The number of phenols is 1. The number of anilines is 2. The van der Waals surface area contributed by atoms with E-state index in [2.05, 4.69) is 20.9 Å². The van der Waals surface area contributed by atoms with E-state index in [1.165, 1.54) is 19.2 Å². The first-order valence-corrected chi connectivity index (χ1v) is 10.8. The summed E-state index contributed by atoms with van der Waals surface area (Å²) in [5, 5.41) is 18.2. The van der Waals surface area contributed by atoms with E-state index < -0.39 is 12.1 Å². The fraction of sp³-hybridized carbons (Fsp3) is 0.115. The minimum Gasteiger partial charge on any atom is -0.506 e. The second kappa shape index (κ2) is 10.5. The topological polar surface area (TPSA) is 131 Å². The second-order valence-electron chi connectivity index (χ2n) is 7.71. The standard InChI is InChI=1S/C26H24N4O6/c1-15-4-6-16(7-5-15)28-25(32)30-26(33)29-19-9-8-17(12-21(19)31)36-22-10-11-27-20-14-24(35-3)23(34-2)13-18(20)22/h4-14,31H,1-3H3,(H3,28,29,30,32,33). The molecule has 0 unspecified atom stereocenters. The number of fused-ring (bicyclic) bond motifs is 1. The van der Waals surface area contributed by atoms with E-state index in [0.717, 1.165) is 5.56 Å². The van der Waals surface area contributed by atoms with Gasteiger partial charge in [-0.3, -0.25) is 10.3 Å². The predicted octanol–water partition coefficient (Wildman–Crippen LogP) is 5.41. The van der Waals surface area contributed by atoms with Crippen LogP contribution in [0.25, 0.3) is 10.9 Å². The first-order chi connectivity index (χ1) is 17.4. The zero-order valence-electron chi connectivity index (χ0n) is 19.8. The van der Waals surface area contributed by atoms with Crippen LogP contribution in [-0.4, -0.2) is 36.4 Å². The number of hydrogen-bond acceptors (Lipinski definition) is 7. The highest BCUT2D eigenvalue weighted by atomic mass is 16.5. The van der Waals surface area contributed by atoms with E-state index in [-0.39, 0.29) is 11.4 Å². The molecule has 0 spiro atoms. The van der Waals surface area contributed by atoms with Gasteiger partial charge in [0.05, 0.1) is 25.4 Å².